The first-order valence-electron chi connectivity index (χ1n) is 3.60. The molecule has 0 unspecified atom stereocenters. The number of thioether (sulfide) groups is 1. The molecule has 2 nitrogen and oxygen atoms in total. The van der Waals surface area contributed by atoms with Gasteiger partial charge in [0.25, 0.3) is 0 Å². The molecule has 0 aliphatic rings. The van der Waals surface area contributed by atoms with Crippen LogP contribution in [0.15, 0.2) is 15.7 Å². The molecule has 0 amide bonds. The fourth-order valence-electron chi connectivity index (χ4n) is 0.700. The van der Waals surface area contributed by atoms with Crippen molar-refractivity contribution in [3.8, 4) is 0 Å². The summed E-state index contributed by atoms with van der Waals surface area (Å²) in [6, 6.07) is 0. The van der Waals surface area contributed by atoms with Crippen LogP contribution < -0.4 is 0 Å². The molecule has 1 heterocycles. The van der Waals surface area contributed by atoms with Crippen molar-refractivity contribution < 1.29 is 17.6 Å². The van der Waals surface area contributed by atoms with Gasteiger partial charge in [0.1, 0.15) is 0 Å². The highest BCUT2D eigenvalue weighted by Gasteiger charge is 2.31. The quantitative estimate of drug-likeness (QED) is 0.701. The van der Waals surface area contributed by atoms with Crippen molar-refractivity contribution in [1.82, 2.24) is 4.98 Å². The van der Waals surface area contributed by atoms with Crippen molar-refractivity contribution in [2.24, 2.45) is 0 Å². The fourth-order valence-corrected chi connectivity index (χ4v) is 1.16. The van der Waals surface area contributed by atoms with Gasteiger partial charge in [-0.2, -0.15) is 13.2 Å². The van der Waals surface area contributed by atoms with Gasteiger partial charge in [-0.05, 0) is 0 Å². The molecule has 6 heteroatoms. The summed E-state index contributed by atoms with van der Waals surface area (Å²) in [5.74, 6) is 0.328. The lowest BCUT2D eigenvalue weighted by molar-refractivity contribution is -0.0335. The van der Waals surface area contributed by atoms with Gasteiger partial charge in [0.2, 0.25) is 0 Å². The first kappa shape index (κ1) is 10.4. The summed E-state index contributed by atoms with van der Waals surface area (Å²) in [6.07, 6.45) is 1.09. The van der Waals surface area contributed by atoms with Gasteiger partial charge < -0.3 is 4.42 Å². The Balaban J connectivity index is 2.70. The molecule has 0 spiro atoms. The third-order valence-electron chi connectivity index (χ3n) is 1.21. The van der Waals surface area contributed by atoms with E-state index >= 15 is 0 Å². The highest BCUT2D eigenvalue weighted by Crippen LogP contribution is 2.37. The monoisotopic (exact) mass is 211 g/mol. The van der Waals surface area contributed by atoms with E-state index in [1.165, 1.54) is 0 Å². The molecule has 0 N–H and O–H groups in total. The van der Waals surface area contributed by atoms with Crippen molar-refractivity contribution in [3.05, 3.63) is 12.1 Å². The van der Waals surface area contributed by atoms with Crippen molar-refractivity contribution in [2.75, 3.05) is 0 Å². The molecule has 0 aliphatic carbocycles. The Morgan fingerprint density at radius 3 is 2.46 bits per heavy atom. The maximum absolute atomic E-state index is 11.8. The van der Waals surface area contributed by atoms with E-state index in [-0.39, 0.29) is 22.8 Å². The summed E-state index contributed by atoms with van der Waals surface area (Å²) < 4.78 is 40.3. The number of hydrogen-bond donors (Lipinski definition) is 0. The fraction of sp³-hybridized carbons (Fsp3) is 0.571. The van der Waals surface area contributed by atoms with Crippen molar-refractivity contribution >= 4 is 11.8 Å². The van der Waals surface area contributed by atoms with Crippen LogP contribution in [0.2, 0.25) is 0 Å². The van der Waals surface area contributed by atoms with E-state index in [1.54, 1.807) is 13.8 Å². The van der Waals surface area contributed by atoms with Crippen LogP contribution in [-0.4, -0.2) is 10.5 Å². The van der Waals surface area contributed by atoms with Crippen LogP contribution in [0.25, 0.3) is 0 Å². The van der Waals surface area contributed by atoms with Crippen LogP contribution >= 0.6 is 11.8 Å². The zero-order valence-electron chi connectivity index (χ0n) is 7.05. The topological polar surface area (TPSA) is 26.0 Å². The van der Waals surface area contributed by atoms with Gasteiger partial charge in [0.15, 0.2) is 11.0 Å². The number of rotatable bonds is 2. The molecule has 0 radical (unpaired) electrons. The van der Waals surface area contributed by atoms with Crippen LogP contribution in [0.3, 0.4) is 0 Å². The normalized spacial score (nSPS) is 12.5. The number of nitrogens with zero attached hydrogens (tertiary/aromatic N) is 1. The molecule has 74 valence electrons. The molecule has 13 heavy (non-hydrogen) atoms. The smallest absolute Gasteiger partial charge is 0.434 e. The molecule has 1 aromatic heterocycles. The van der Waals surface area contributed by atoms with Gasteiger partial charge in [-0.15, -0.1) is 0 Å². The van der Waals surface area contributed by atoms with Gasteiger partial charge in [0.05, 0.1) is 6.20 Å². The van der Waals surface area contributed by atoms with E-state index < -0.39 is 5.51 Å². The minimum Gasteiger partial charge on any atom is -0.434 e. The Labute approximate surface area is 77.5 Å². The number of hydrogen-bond acceptors (Lipinski definition) is 3. The van der Waals surface area contributed by atoms with E-state index in [4.69, 9.17) is 4.42 Å². The molecule has 0 bridgehead atoms. The summed E-state index contributed by atoms with van der Waals surface area (Å²) in [4.78, 5) is 3.71. The zero-order valence-corrected chi connectivity index (χ0v) is 7.87. The maximum Gasteiger partial charge on any atom is 0.449 e. The first-order chi connectivity index (χ1) is 5.88. The van der Waals surface area contributed by atoms with Gasteiger partial charge in [-0.1, -0.05) is 13.8 Å². The third-order valence-corrected chi connectivity index (χ3v) is 1.83. The zero-order chi connectivity index (χ0) is 10.1. The molecule has 0 aromatic carbocycles. The Morgan fingerprint density at radius 2 is 2.08 bits per heavy atom. The summed E-state index contributed by atoms with van der Waals surface area (Å²) in [7, 11) is 0. The maximum atomic E-state index is 11.8. The average molecular weight is 211 g/mol. The largest absolute Gasteiger partial charge is 0.449 e. The molecule has 1 aromatic rings. The van der Waals surface area contributed by atoms with E-state index in [1.807, 2.05) is 0 Å². The summed E-state index contributed by atoms with van der Waals surface area (Å²) in [6.45, 7) is 3.60. The van der Waals surface area contributed by atoms with Gasteiger partial charge in [0, 0.05) is 17.7 Å². The molecule has 1 rings (SSSR count). The van der Waals surface area contributed by atoms with Crippen molar-refractivity contribution in [3.63, 3.8) is 0 Å². The lowest BCUT2D eigenvalue weighted by Gasteiger charge is -2.01. The molecule has 0 atom stereocenters. The Bertz CT molecular complexity index is 282. The summed E-state index contributed by atoms with van der Waals surface area (Å²) in [5, 5.41) is -0.212. The summed E-state index contributed by atoms with van der Waals surface area (Å²) in [5.41, 5.74) is -4.31. The average Bonchev–Trinajstić information content (AvgIpc) is 2.31. The van der Waals surface area contributed by atoms with E-state index in [0.717, 1.165) is 6.20 Å². The van der Waals surface area contributed by atoms with E-state index in [9.17, 15) is 13.2 Å². The second kappa shape index (κ2) is 3.61. The van der Waals surface area contributed by atoms with E-state index in [0.29, 0.717) is 5.89 Å². The highest BCUT2D eigenvalue weighted by atomic mass is 32.2. The van der Waals surface area contributed by atoms with Crippen LogP contribution in [0.1, 0.15) is 25.7 Å². The minimum absolute atomic E-state index is 0.00239. The number of aromatic nitrogens is 1. The van der Waals surface area contributed by atoms with Crippen LogP contribution in [-0.2, 0) is 0 Å². The standard InChI is InChI=1S/C7H8F3NOS/c1-4(2)6-11-3-5(12-6)13-7(8,9)10/h3-4H,1-2H3. The molecular formula is C7H8F3NOS. The predicted octanol–water partition coefficient (Wildman–Crippen LogP) is 3.41. The minimum atomic E-state index is -4.31. The van der Waals surface area contributed by atoms with Gasteiger partial charge >= 0.3 is 5.51 Å². The second-order valence-corrected chi connectivity index (χ2v) is 3.79. The van der Waals surface area contributed by atoms with Crippen LogP contribution in [0.5, 0.6) is 0 Å². The highest BCUT2D eigenvalue weighted by molar-refractivity contribution is 8.00. The second-order valence-electron chi connectivity index (χ2n) is 2.72. The number of alkyl halides is 3. The SMILES string of the molecule is CC(C)c1ncc(SC(F)(F)F)o1. The first-order valence-corrected chi connectivity index (χ1v) is 4.41. The van der Waals surface area contributed by atoms with E-state index in [2.05, 4.69) is 4.98 Å². The number of halogens is 3. The molecule has 0 fully saturated rings. The van der Waals surface area contributed by atoms with Gasteiger partial charge in [-0.3, -0.25) is 0 Å². The van der Waals surface area contributed by atoms with Crippen molar-refractivity contribution in [1.29, 1.82) is 0 Å². The Morgan fingerprint density at radius 1 is 1.46 bits per heavy atom. The van der Waals surface area contributed by atoms with Crippen molar-refractivity contribution in [2.45, 2.75) is 30.4 Å². The van der Waals surface area contributed by atoms with Crippen LogP contribution in [0.4, 0.5) is 13.2 Å². The third kappa shape index (κ3) is 3.30. The molecule has 0 saturated carbocycles. The predicted molar refractivity (Wildman–Crippen MR) is 42.5 cm³/mol. The summed E-state index contributed by atoms with van der Waals surface area (Å²) >= 11 is -0.290. The Hall–Kier alpha value is -0.650. The number of oxazole rings is 1. The van der Waals surface area contributed by atoms with Gasteiger partial charge in [-0.25, -0.2) is 4.98 Å². The molecule has 0 aliphatic heterocycles. The molecular weight excluding hydrogens is 203 g/mol. The van der Waals surface area contributed by atoms with Crippen LogP contribution in [0, 0.1) is 0 Å². The Kier molecular flexibility index (Phi) is 2.90. The lowest BCUT2D eigenvalue weighted by Crippen LogP contribution is -1.97. The lowest BCUT2D eigenvalue weighted by atomic mass is 10.2. The molecule has 0 saturated heterocycles.